The van der Waals surface area contributed by atoms with E-state index in [1.54, 1.807) is 12.1 Å². The molecule has 2 aromatic carbocycles. The van der Waals surface area contributed by atoms with Crippen molar-refractivity contribution in [1.82, 2.24) is 9.97 Å². The number of halogens is 2. The molecule has 0 radical (unpaired) electrons. The Bertz CT molecular complexity index is 1100. The largest absolute Gasteiger partial charge is 0.493 e. The predicted octanol–water partition coefficient (Wildman–Crippen LogP) is 4.08. The van der Waals surface area contributed by atoms with Crippen molar-refractivity contribution in [3.63, 3.8) is 0 Å². The summed E-state index contributed by atoms with van der Waals surface area (Å²) in [6.45, 7) is 0.307. The minimum absolute atomic E-state index is 0.0558. The van der Waals surface area contributed by atoms with Gasteiger partial charge in [0.15, 0.2) is 11.5 Å². The number of methoxy groups -OCH3 is 2. The van der Waals surface area contributed by atoms with Gasteiger partial charge in [0.1, 0.15) is 18.0 Å². The minimum Gasteiger partial charge on any atom is -0.493 e. The lowest BCUT2D eigenvalue weighted by atomic mass is 10.1. The molecule has 0 amide bonds. The fourth-order valence-corrected chi connectivity index (χ4v) is 2.85. The summed E-state index contributed by atoms with van der Waals surface area (Å²) in [6, 6.07) is 8.14. The fraction of sp³-hybridized carbons (Fsp3) is 0.200. The Balaban J connectivity index is 1.78. The van der Waals surface area contributed by atoms with Crippen molar-refractivity contribution in [3.05, 3.63) is 70.0 Å². The summed E-state index contributed by atoms with van der Waals surface area (Å²) in [5.41, 5.74) is 0.138. The number of benzene rings is 2. The zero-order valence-corrected chi connectivity index (χ0v) is 16.7. The Morgan fingerprint density at radius 2 is 1.77 bits per heavy atom. The Labute approximate surface area is 176 Å². The lowest BCUT2D eigenvalue weighted by molar-refractivity contribution is -0.383. The van der Waals surface area contributed by atoms with Crippen LogP contribution in [0.1, 0.15) is 5.56 Å². The molecule has 0 saturated carbocycles. The van der Waals surface area contributed by atoms with Crippen LogP contribution in [0.5, 0.6) is 11.5 Å². The molecule has 0 aliphatic carbocycles. The quantitative estimate of drug-likeness (QED) is 0.385. The van der Waals surface area contributed by atoms with E-state index >= 15 is 0 Å². The highest BCUT2D eigenvalue weighted by atomic mass is 19.1. The van der Waals surface area contributed by atoms with E-state index < -0.39 is 22.2 Å². The zero-order valence-electron chi connectivity index (χ0n) is 16.7. The molecule has 3 rings (SSSR count). The van der Waals surface area contributed by atoms with E-state index in [-0.39, 0.29) is 17.3 Å². The molecule has 162 valence electrons. The molecule has 0 saturated heterocycles. The molecule has 0 aliphatic heterocycles. The van der Waals surface area contributed by atoms with E-state index in [1.807, 2.05) is 6.07 Å². The summed E-state index contributed by atoms with van der Waals surface area (Å²) in [6.07, 6.45) is 1.59. The van der Waals surface area contributed by atoms with Gasteiger partial charge in [-0.25, -0.2) is 18.7 Å². The number of nitrogens with one attached hydrogen (secondary N) is 2. The first-order valence-electron chi connectivity index (χ1n) is 9.09. The molecule has 3 aromatic rings. The molecule has 2 N–H and O–H groups in total. The highest BCUT2D eigenvalue weighted by Crippen LogP contribution is 2.32. The van der Waals surface area contributed by atoms with Crippen molar-refractivity contribution in [3.8, 4) is 11.5 Å². The van der Waals surface area contributed by atoms with Crippen molar-refractivity contribution in [2.75, 3.05) is 31.4 Å². The summed E-state index contributed by atoms with van der Waals surface area (Å²) in [4.78, 5) is 18.7. The van der Waals surface area contributed by atoms with Crippen molar-refractivity contribution >= 4 is 23.0 Å². The number of hydrogen-bond donors (Lipinski definition) is 2. The van der Waals surface area contributed by atoms with E-state index in [9.17, 15) is 18.9 Å². The molecule has 9 nitrogen and oxygen atoms in total. The second-order valence-electron chi connectivity index (χ2n) is 6.29. The van der Waals surface area contributed by atoms with Crippen LogP contribution in [0.15, 0.2) is 42.7 Å². The van der Waals surface area contributed by atoms with Crippen LogP contribution >= 0.6 is 0 Å². The normalized spacial score (nSPS) is 10.5. The SMILES string of the molecule is COc1ccc(CCNc2ncnc(Nc3cc(F)ccc3F)c2[N+](=O)[O-])cc1OC. The summed E-state index contributed by atoms with van der Waals surface area (Å²) in [5.74, 6) is -0.647. The van der Waals surface area contributed by atoms with Gasteiger partial charge < -0.3 is 20.1 Å². The highest BCUT2D eigenvalue weighted by Gasteiger charge is 2.23. The van der Waals surface area contributed by atoms with E-state index in [4.69, 9.17) is 9.47 Å². The maximum atomic E-state index is 13.9. The summed E-state index contributed by atoms with van der Waals surface area (Å²) in [7, 11) is 3.06. The zero-order chi connectivity index (χ0) is 22.4. The number of nitrogens with zero attached hydrogens (tertiary/aromatic N) is 3. The van der Waals surface area contributed by atoms with Gasteiger partial charge in [-0.1, -0.05) is 6.07 Å². The molecule has 0 bridgehead atoms. The lowest BCUT2D eigenvalue weighted by Crippen LogP contribution is -2.11. The molecule has 0 aliphatic rings. The monoisotopic (exact) mass is 431 g/mol. The van der Waals surface area contributed by atoms with Gasteiger partial charge in [0.25, 0.3) is 0 Å². The molecular formula is C20H19F2N5O4. The number of anilines is 3. The highest BCUT2D eigenvalue weighted by molar-refractivity contribution is 5.73. The maximum Gasteiger partial charge on any atom is 0.353 e. The number of aromatic nitrogens is 2. The first-order chi connectivity index (χ1) is 14.9. The Morgan fingerprint density at radius 3 is 2.48 bits per heavy atom. The standard InChI is InChI=1S/C20H19F2N5O4/c1-30-16-6-3-12(9-17(16)31-2)7-8-23-19-18(27(28)29)20(25-11-24-19)26-15-10-13(21)4-5-14(15)22/h3-6,9-11H,7-8H2,1-2H3,(H2,23,24,25,26). The first kappa shape index (κ1) is 21.7. The number of hydrogen-bond acceptors (Lipinski definition) is 8. The summed E-state index contributed by atoms with van der Waals surface area (Å²) in [5, 5.41) is 17.0. The molecule has 1 heterocycles. The van der Waals surface area contributed by atoms with E-state index in [0.717, 1.165) is 30.1 Å². The topological polar surface area (TPSA) is 111 Å². The molecule has 31 heavy (non-hydrogen) atoms. The minimum atomic E-state index is -0.780. The van der Waals surface area contributed by atoms with Crippen LogP contribution in [0.2, 0.25) is 0 Å². The average molecular weight is 431 g/mol. The Hall–Kier alpha value is -4.02. The third-order valence-electron chi connectivity index (χ3n) is 4.34. The van der Waals surface area contributed by atoms with Gasteiger partial charge in [-0.3, -0.25) is 10.1 Å². The second kappa shape index (κ2) is 9.65. The molecule has 0 atom stereocenters. The summed E-state index contributed by atoms with van der Waals surface area (Å²) < 4.78 is 37.8. The van der Waals surface area contributed by atoms with Crippen LogP contribution in [0.4, 0.5) is 31.8 Å². The summed E-state index contributed by atoms with van der Waals surface area (Å²) >= 11 is 0. The van der Waals surface area contributed by atoms with E-state index in [0.29, 0.717) is 24.5 Å². The Kier molecular flexibility index (Phi) is 6.75. The fourth-order valence-electron chi connectivity index (χ4n) is 2.85. The molecule has 11 heteroatoms. The van der Waals surface area contributed by atoms with Gasteiger partial charge in [-0.15, -0.1) is 0 Å². The van der Waals surface area contributed by atoms with Gasteiger partial charge >= 0.3 is 5.69 Å². The molecular weight excluding hydrogens is 412 g/mol. The van der Waals surface area contributed by atoms with E-state index in [1.165, 1.54) is 14.2 Å². The third kappa shape index (κ3) is 5.13. The first-order valence-corrected chi connectivity index (χ1v) is 9.09. The number of ether oxygens (including phenoxy) is 2. The molecule has 0 fully saturated rings. The van der Waals surface area contributed by atoms with E-state index in [2.05, 4.69) is 20.6 Å². The van der Waals surface area contributed by atoms with Gasteiger partial charge in [0, 0.05) is 12.6 Å². The lowest BCUT2D eigenvalue weighted by Gasteiger charge is -2.12. The maximum absolute atomic E-state index is 13.9. The van der Waals surface area contributed by atoms with Gasteiger partial charge in [-0.2, -0.15) is 0 Å². The smallest absolute Gasteiger partial charge is 0.353 e. The number of nitro groups is 1. The van der Waals surface area contributed by atoms with Crippen LogP contribution in [0.3, 0.4) is 0 Å². The van der Waals surface area contributed by atoms with Crippen molar-refractivity contribution in [2.45, 2.75) is 6.42 Å². The Morgan fingerprint density at radius 1 is 1.03 bits per heavy atom. The second-order valence-corrected chi connectivity index (χ2v) is 6.29. The van der Waals surface area contributed by atoms with Crippen molar-refractivity contribution in [1.29, 1.82) is 0 Å². The van der Waals surface area contributed by atoms with Gasteiger partial charge in [0.2, 0.25) is 11.6 Å². The van der Waals surface area contributed by atoms with Crippen LogP contribution < -0.4 is 20.1 Å². The number of rotatable bonds is 9. The average Bonchev–Trinajstić information content (AvgIpc) is 2.76. The predicted molar refractivity (Wildman–Crippen MR) is 110 cm³/mol. The van der Waals surface area contributed by atoms with Crippen LogP contribution in [0, 0.1) is 21.7 Å². The molecule has 0 unspecified atom stereocenters. The van der Waals surface area contributed by atoms with Gasteiger partial charge in [-0.05, 0) is 36.2 Å². The van der Waals surface area contributed by atoms with Crippen LogP contribution in [-0.4, -0.2) is 35.7 Å². The third-order valence-corrected chi connectivity index (χ3v) is 4.34. The van der Waals surface area contributed by atoms with Crippen LogP contribution in [0.25, 0.3) is 0 Å². The van der Waals surface area contributed by atoms with Gasteiger partial charge in [0.05, 0.1) is 24.8 Å². The van der Waals surface area contributed by atoms with Crippen LogP contribution in [-0.2, 0) is 6.42 Å². The molecule has 0 spiro atoms. The van der Waals surface area contributed by atoms with Crippen molar-refractivity contribution in [2.24, 2.45) is 0 Å². The van der Waals surface area contributed by atoms with Crippen molar-refractivity contribution < 1.29 is 23.2 Å². The molecule has 1 aromatic heterocycles.